The van der Waals surface area contributed by atoms with E-state index in [4.69, 9.17) is 0 Å². The maximum absolute atomic E-state index is 13.3. The molecule has 154 valence electrons. The molecule has 1 amide bonds. The largest absolute Gasteiger partial charge is 0.371 e. The Bertz CT molecular complexity index is 1140. The molecule has 1 N–H and O–H groups in total. The second-order valence-electron chi connectivity index (χ2n) is 9.22. The average Bonchev–Trinajstić information content (AvgIpc) is 3.67. The summed E-state index contributed by atoms with van der Waals surface area (Å²) in [7, 11) is 0. The van der Waals surface area contributed by atoms with Crippen LogP contribution in [-0.4, -0.2) is 28.4 Å². The van der Waals surface area contributed by atoms with Crippen LogP contribution in [-0.2, 0) is 0 Å². The lowest BCUT2D eigenvalue weighted by Crippen LogP contribution is -2.35. The first-order chi connectivity index (χ1) is 14.6. The zero-order valence-electron chi connectivity index (χ0n) is 16.9. The van der Waals surface area contributed by atoms with Crippen LogP contribution in [0, 0.1) is 8.99 Å². The first kappa shape index (κ1) is 18.7. The topological polar surface area (TPSA) is 49.6 Å². The van der Waals surface area contributed by atoms with Gasteiger partial charge < -0.3 is 14.6 Å². The summed E-state index contributed by atoms with van der Waals surface area (Å²) in [6.07, 6.45) is 13.4. The zero-order valence-corrected chi connectivity index (χ0v) is 19.1. The Morgan fingerprint density at radius 2 is 1.93 bits per heavy atom. The molecule has 2 aromatic heterocycles. The summed E-state index contributed by atoms with van der Waals surface area (Å²) in [4.78, 5) is 20.2. The van der Waals surface area contributed by atoms with Crippen LogP contribution in [0.1, 0.15) is 60.4 Å². The number of carbonyl (C=O) groups is 1. The van der Waals surface area contributed by atoms with Crippen LogP contribution in [0.5, 0.6) is 0 Å². The zero-order chi connectivity index (χ0) is 20.3. The summed E-state index contributed by atoms with van der Waals surface area (Å²) < 4.78 is 3.19. The van der Waals surface area contributed by atoms with Gasteiger partial charge in [-0.1, -0.05) is 0 Å². The molecule has 1 aliphatic heterocycles. The standard InChI is InChI=1S/C24H25IN4O/c25-17-3-4-19(21(13-17)28-10-7-24(5-6-24)8-11-28)23(30)27-18-14-20(16-1-2-16)22-26-9-12-29(22)15-18/h3-4,9,12-16H,1-2,5-8,10-11H2,(H,27,30). The van der Waals surface area contributed by atoms with Crippen molar-refractivity contribution in [1.82, 2.24) is 9.38 Å². The predicted octanol–water partition coefficient (Wildman–Crippen LogP) is 5.45. The van der Waals surface area contributed by atoms with Gasteiger partial charge in [-0.3, -0.25) is 4.79 Å². The molecule has 0 radical (unpaired) electrons. The monoisotopic (exact) mass is 512 g/mol. The van der Waals surface area contributed by atoms with Gasteiger partial charge in [0.25, 0.3) is 5.91 Å². The number of nitrogens with one attached hydrogen (secondary N) is 1. The number of amides is 1. The van der Waals surface area contributed by atoms with Crippen LogP contribution in [0.3, 0.4) is 0 Å². The lowest BCUT2D eigenvalue weighted by Gasteiger charge is -2.35. The number of benzene rings is 1. The van der Waals surface area contributed by atoms with E-state index in [1.54, 1.807) is 0 Å². The highest BCUT2D eigenvalue weighted by atomic mass is 127. The molecule has 3 fully saturated rings. The Morgan fingerprint density at radius 1 is 1.13 bits per heavy atom. The third-order valence-corrected chi connectivity index (χ3v) is 7.79. The molecule has 1 spiro atoms. The van der Waals surface area contributed by atoms with Gasteiger partial charge in [0.2, 0.25) is 0 Å². The van der Waals surface area contributed by atoms with Crippen LogP contribution >= 0.6 is 22.6 Å². The second kappa shape index (κ2) is 6.97. The molecular formula is C24H25IN4O. The molecule has 5 nitrogen and oxygen atoms in total. The number of piperidine rings is 1. The van der Waals surface area contributed by atoms with Crippen LogP contribution in [0.25, 0.3) is 5.65 Å². The third-order valence-electron chi connectivity index (χ3n) is 7.12. The summed E-state index contributed by atoms with van der Waals surface area (Å²) in [5.74, 6) is 0.540. The number of carbonyl (C=O) groups excluding carboxylic acids is 1. The average molecular weight is 512 g/mol. The van der Waals surface area contributed by atoms with E-state index in [9.17, 15) is 4.79 Å². The highest BCUT2D eigenvalue weighted by Gasteiger charge is 2.44. The molecule has 6 heteroatoms. The Labute approximate surface area is 190 Å². The van der Waals surface area contributed by atoms with Crippen molar-refractivity contribution in [1.29, 1.82) is 0 Å². The van der Waals surface area contributed by atoms with Crippen molar-refractivity contribution in [2.45, 2.75) is 44.4 Å². The molecule has 0 atom stereocenters. The van der Waals surface area contributed by atoms with Crippen LogP contribution in [0.15, 0.2) is 42.9 Å². The molecule has 3 aliphatic rings. The van der Waals surface area contributed by atoms with Crippen molar-refractivity contribution < 1.29 is 4.79 Å². The first-order valence-corrected chi connectivity index (χ1v) is 12.0. The molecular weight excluding hydrogens is 487 g/mol. The van der Waals surface area contributed by atoms with Gasteiger partial charge in [0.1, 0.15) is 5.65 Å². The second-order valence-corrected chi connectivity index (χ2v) is 10.5. The van der Waals surface area contributed by atoms with Crippen molar-refractivity contribution in [2.75, 3.05) is 23.3 Å². The number of aromatic nitrogens is 2. The number of imidazole rings is 1. The Morgan fingerprint density at radius 3 is 2.67 bits per heavy atom. The van der Waals surface area contributed by atoms with Gasteiger partial charge in [0.05, 0.1) is 16.9 Å². The number of hydrogen-bond acceptors (Lipinski definition) is 3. The van der Waals surface area contributed by atoms with Crippen molar-refractivity contribution in [3.8, 4) is 0 Å². The predicted molar refractivity (Wildman–Crippen MR) is 127 cm³/mol. The molecule has 6 rings (SSSR count). The van der Waals surface area contributed by atoms with E-state index in [1.165, 1.54) is 47.7 Å². The Kier molecular flexibility index (Phi) is 4.34. The number of halogens is 1. The molecule has 3 aromatic rings. The van der Waals surface area contributed by atoms with Gasteiger partial charge >= 0.3 is 0 Å². The molecule has 3 heterocycles. The Balaban J connectivity index is 1.29. The fourth-order valence-corrected chi connectivity index (χ4v) is 5.35. The van der Waals surface area contributed by atoms with Crippen molar-refractivity contribution in [3.05, 3.63) is 57.6 Å². The lowest BCUT2D eigenvalue weighted by molar-refractivity contribution is 0.102. The van der Waals surface area contributed by atoms with E-state index < -0.39 is 0 Å². The number of rotatable bonds is 4. The highest BCUT2D eigenvalue weighted by Crippen LogP contribution is 2.54. The van der Waals surface area contributed by atoms with Crippen molar-refractivity contribution in [2.24, 2.45) is 5.41 Å². The van der Waals surface area contributed by atoms with Gasteiger partial charge in [-0.15, -0.1) is 0 Å². The van der Waals surface area contributed by atoms with Crippen LogP contribution in [0.2, 0.25) is 0 Å². The minimum absolute atomic E-state index is 0.0330. The van der Waals surface area contributed by atoms with E-state index in [0.717, 1.165) is 35.7 Å². The molecule has 2 saturated carbocycles. The molecule has 1 aromatic carbocycles. The number of nitrogens with zero attached hydrogens (tertiary/aromatic N) is 3. The summed E-state index contributed by atoms with van der Waals surface area (Å²) in [6, 6.07) is 8.28. The van der Waals surface area contributed by atoms with Crippen molar-refractivity contribution in [3.63, 3.8) is 0 Å². The molecule has 1 saturated heterocycles. The summed E-state index contributed by atoms with van der Waals surface area (Å²) in [5.41, 5.74) is 5.55. The highest BCUT2D eigenvalue weighted by molar-refractivity contribution is 14.1. The van der Waals surface area contributed by atoms with Crippen LogP contribution < -0.4 is 10.2 Å². The lowest BCUT2D eigenvalue weighted by atomic mass is 9.93. The molecule has 0 bridgehead atoms. The minimum Gasteiger partial charge on any atom is -0.371 e. The first-order valence-electron chi connectivity index (χ1n) is 10.9. The smallest absolute Gasteiger partial charge is 0.257 e. The SMILES string of the molecule is O=C(Nc1cc(C2CC2)c2nccn2c1)c1ccc(I)cc1N1CCC2(CC1)CC2. The maximum atomic E-state index is 13.3. The number of hydrogen-bond donors (Lipinski definition) is 1. The number of anilines is 2. The maximum Gasteiger partial charge on any atom is 0.257 e. The van der Waals surface area contributed by atoms with Gasteiger partial charge in [-0.25, -0.2) is 4.98 Å². The fourth-order valence-electron chi connectivity index (χ4n) is 4.88. The van der Waals surface area contributed by atoms with E-state index >= 15 is 0 Å². The van der Waals surface area contributed by atoms with Crippen LogP contribution in [0.4, 0.5) is 11.4 Å². The summed E-state index contributed by atoms with van der Waals surface area (Å²) in [5, 5.41) is 3.17. The van der Waals surface area contributed by atoms with E-state index in [1.807, 2.05) is 35.1 Å². The quantitative estimate of drug-likeness (QED) is 0.474. The normalized spacial score (nSPS) is 20.0. The third kappa shape index (κ3) is 3.39. The molecule has 2 aliphatic carbocycles. The van der Waals surface area contributed by atoms with E-state index in [-0.39, 0.29) is 5.91 Å². The Hall–Kier alpha value is -2.09. The van der Waals surface area contributed by atoms with Gasteiger partial charge in [0, 0.05) is 40.8 Å². The number of pyridine rings is 1. The van der Waals surface area contributed by atoms with Crippen molar-refractivity contribution >= 4 is 45.5 Å². The minimum atomic E-state index is -0.0330. The van der Waals surface area contributed by atoms with E-state index in [2.05, 4.69) is 49.9 Å². The van der Waals surface area contributed by atoms with Gasteiger partial charge in [-0.2, -0.15) is 0 Å². The number of fused-ring (bicyclic) bond motifs is 1. The summed E-state index contributed by atoms with van der Waals surface area (Å²) >= 11 is 2.34. The van der Waals surface area contributed by atoms with E-state index in [0.29, 0.717) is 11.3 Å². The molecule has 30 heavy (non-hydrogen) atoms. The summed E-state index contributed by atoms with van der Waals surface area (Å²) in [6.45, 7) is 2.10. The fraction of sp³-hybridized carbons (Fsp3) is 0.417. The van der Waals surface area contributed by atoms with Gasteiger partial charge in [0.15, 0.2) is 0 Å². The molecule has 0 unspecified atom stereocenters. The van der Waals surface area contributed by atoms with Gasteiger partial charge in [-0.05, 0) is 96.7 Å².